The van der Waals surface area contributed by atoms with E-state index in [0.29, 0.717) is 0 Å². The van der Waals surface area contributed by atoms with Gasteiger partial charge < -0.3 is 0 Å². The van der Waals surface area contributed by atoms with Crippen LogP contribution in [0.4, 0.5) is 0 Å². The molecule has 0 aromatic rings. The Kier molecular flexibility index (Phi) is 1.88. The predicted molar refractivity (Wildman–Crippen MR) is 53.8 cm³/mol. The van der Waals surface area contributed by atoms with Crippen molar-refractivity contribution in [1.82, 2.24) is 9.80 Å². The number of rotatable bonds is 2. The monoisotopic (exact) mass is 180 g/mol. The standard InChI is InChI=1S/C11H20N2/c1-2-13-10-6-11(13)8-12(7-10)9-4-3-5-9/h9-11H,2-8H2,1H3. The number of fused-ring (bicyclic) bond motifs is 2. The number of hydrogen-bond acceptors (Lipinski definition) is 2. The van der Waals surface area contributed by atoms with Crippen molar-refractivity contribution >= 4 is 0 Å². The average molecular weight is 180 g/mol. The van der Waals surface area contributed by atoms with Gasteiger partial charge in [0.25, 0.3) is 0 Å². The van der Waals surface area contributed by atoms with Crippen LogP contribution < -0.4 is 0 Å². The number of hydrogen-bond donors (Lipinski definition) is 0. The highest BCUT2D eigenvalue weighted by Gasteiger charge is 2.45. The number of piperidine rings is 1. The Morgan fingerprint density at radius 2 is 1.77 bits per heavy atom. The lowest BCUT2D eigenvalue weighted by Gasteiger charge is -2.58. The van der Waals surface area contributed by atoms with E-state index in [1.807, 2.05) is 0 Å². The van der Waals surface area contributed by atoms with Crippen LogP contribution in [-0.2, 0) is 0 Å². The van der Waals surface area contributed by atoms with Crippen LogP contribution in [0.3, 0.4) is 0 Å². The zero-order valence-electron chi connectivity index (χ0n) is 8.58. The molecule has 3 heterocycles. The minimum atomic E-state index is 0.921. The second-order valence-electron chi connectivity index (χ2n) is 4.91. The van der Waals surface area contributed by atoms with Gasteiger partial charge in [-0.3, -0.25) is 9.80 Å². The maximum absolute atomic E-state index is 2.76. The fourth-order valence-corrected chi connectivity index (χ4v) is 3.29. The zero-order valence-corrected chi connectivity index (χ0v) is 8.58. The normalized spacial score (nSPS) is 41.3. The van der Waals surface area contributed by atoms with Gasteiger partial charge >= 0.3 is 0 Å². The molecule has 2 atom stereocenters. The molecule has 0 aromatic carbocycles. The van der Waals surface area contributed by atoms with E-state index in [0.717, 1.165) is 18.1 Å². The molecule has 3 aliphatic heterocycles. The summed E-state index contributed by atoms with van der Waals surface area (Å²) in [5, 5.41) is 0. The van der Waals surface area contributed by atoms with Crippen molar-refractivity contribution in [3.05, 3.63) is 0 Å². The first-order valence-electron chi connectivity index (χ1n) is 5.88. The summed E-state index contributed by atoms with van der Waals surface area (Å²) in [6.07, 6.45) is 5.92. The van der Waals surface area contributed by atoms with Crippen molar-refractivity contribution < 1.29 is 0 Å². The smallest absolute Gasteiger partial charge is 0.0242 e. The predicted octanol–water partition coefficient (Wildman–Crippen LogP) is 1.32. The molecule has 0 N–H and O–H groups in total. The Bertz CT molecular complexity index is 188. The van der Waals surface area contributed by atoms with Gasteiger partial charge in [-0.25, -0.2) is 0 Å². The van der Waals surface area contributed by atoms with Crippen LogP contribution in [0.2, 0.25) is 0 Å². The number of piperazine rings is 1. The minimum absolute atomic E-state index is 0.921. The summed E-state index contributed by atoms with van der Waals surface area (Å²) in [5.74, 6) is 0. The molecule has 2 nitrogen and oxygen atoms in total. The molecule has 13 heavy (non-hydrogen) atoms. The first-order valence-corrected chi connectivity index (χ1v) is 5.88. The second-order valence-corrected chi connectivity index (χ2v) is 4.91. The molecule has 2 heteroatoms. The van der Waals surface area contributed by atoms with Crippen LogP contribution >= 0.6 is 0 Å². The largest absolute Gasteiger partial charge is 0.297 e. The molecule has 74 valence electrons. The summed E-state index contributed by atoms with van der Waals surface area (Å²) < 4.78 is 0. The first-order chi connectivity index (χ1) is 6.38. The van der Waals surface area contributed by atoms with Crippen molar-refractivity contribution in [2.45, 2.75) is 50.7 Å². The van der Waals surface area contributed by atoms with Crippen LogP contribution in [0.25, 0.3) is 0 Å². The SMILES string of the molecule is CCN1C2CC1CN(C1CCC1)C2. The molecular formula is C11H20N2. The summed E-state index contributed by atoms with van der Waals surface area (Å²) >= 11 is 0. The summed E-state index contributed by atoms with van der Waals surface area (Å²) in [4.78, 5) is 5.45. The quantitative estimate of drug-likeness (QED) is 0.632. The van der Waals surface area contributed by atoms with E-state index in [9.17, 15) is 0 Å². The van der Waals surface area contributed by atoms with Gasteiger partial charge in [0.1, 0.15) is 0 Å². The second kappa shape index (κ2) is 2.96. The van der Waals surface area contributed by atoms with Gasteiger partial charge in [-0.1, -0.05) is 13.3 Å². The lowest BCUT2D eigenvalue weighted by molar-refractivity contribution is -0.0884. The Balaban J connectivity index is 1.60. The topological polar surface area (TPSA) is 6.48 Å². The van der Waals surface area contributed by atoms with Crippen molar-refractivity contribution in [3.63, 3.8) is 0 Å². The van der Waals surface area contributed by atoms with E-state index in [1.54, 1.807) is 0 Å². The maximum Gasteiger partial charge on any atom is 0.0242 e. The molecule has 1 aliphatic carbocycles. The van der Waals surface area contributed by atoms with E-state index < -0.39 is 0 Å². The molecule has 4 rings (SSSR count). The third kappa shape index (κ3) is 1.15. The van der Waals surface area contributed by atoms with E-state index in [4.69, 9.17) is 0 Å². The third-order valence-corrected chi connectivity index (χ3v) is 4.33. The van der Waals surface area contributed by atoms with Crippen molar-refractivity contribution in [2.24, 2.45) is 0 Å². The molecule has 0 aromatic heterocycles. The fraction of sp³-hybridized carbons (Fsp3) is 1.00. The summed E-state index contributed by atoms with van der Waals surface area (Å²) in [7, 11) is 0. The molecule has 1 saturated carbocycles. The van der Waals surface area contributed by atoms with Crippen LogP contribution in [0.5, 0.6) is 0 Å². The lowest BCUT2D eigenvalue weighted by Crippen LogP contribution is -2.70. The van der Waals surface area contributed by atoms with Crippen LogP contribution in [0.1, 0.15) is 32.6 Å². The Morgan fingerprint density at radius 1 is 1.08 bits per heavy atom. The highest BCUT2D eigenvalue weighted by Crippen LogP contribution is 2.36. The van der Waals surface area contributed by atoms with Gasteiger partial charge in [0, 0.05) is 31.2 Å². The molecule has 0 amide bonds. The molecule has 0 radical (unpaired) electrons. The van der Waals surface area contributed by atoms with Crippen LogP contribution in [-0.4, -0.2) is 47.6 Å². The highest BCUT2D eigenvalue weighted by molar-refractivity contribution is 5.02. The zero-order chi connectivity index (χ0) is 8.84. The molecule has 0 spiro atoms. The van der Waals surface area contributed by atoms with E-state index in [1.165, 1.54) is 45.3 Å². The van der Waals surface area contributed by atoms with Gasteiger partial charge in [-0.2, -0.15) is 0 Å². The van der Waals surface area contributed by atoms with E-state index in [-0.39, 0.29) is 0 Å². The van der Waals surface area contributed by atoms with Crippen LogP contribution in [0, 0.1) is 0 Å². The van der Waals surface area contributed by atoms with E-state index >= 15 is 0 Å². The molecule has 4 fully saturated rings. The molecule has 2 bridgehead atoms. The summed E-state index contributed by atoms with van der Waals surface area (Å²) in [6, 6.07) is 2.82. The molecular weight excluding hydrogens is 160 g/mol. The number of nitrogens with zero attached hydrogens (tertiary/aromatic N) is 2. The van der Waals surface area contributed by atoms with Crippen LogP contribution in [0.15, 0.2) is 0 Å². The fourth-order valence-electron chi connectivity index (χ4n) is 3.29. The minimum Gasteiger partial charge on any atom is -0.297 e. The maximum atomic E-state index is 2.76. The molecule has 3 saturated heterocycles. The van der Waals surface area contributed by atoms with Crippen molar-refractivity contribution in [1.29, 1.82) is 0 Å². The van der Waals surface area contributed by atoms with Crippen molar-refractivity contribution in [3.8, 4) is 0 Å². The summed E-state index contributed by atoms with van der Waals surface area (Å²) in [6.45, 7) is 6.32. The van der Waals surface area contributed by atoms with Gasteiger partial charge in [-0.05, 0) is 25.8 Å². The van der Waals surface area contributed by atoms with Gasteiger partial charge in [-0.15, -0.1) is 0 Å². The van der Waals surface area contributed by atoms with Gasteiger partial charge in [0.15, 0.2) is 0 Å². The summed E-state index contributed by atoms with van der Waals surface area (Å²) in [5.41, 5.74) is 0. The van der Waals surface area contributed by atoms with E-state index in [2.05, 4.69) is 16.7 Å². The lowest BCUT2D eigenvalue weighted by atomic mass is 9.83. The van der Waals surface area contributed by atoms with Gasteiger partial charge in [0.05, 0.1) is 0 Å². The Labute approximate surface area is 80.9 Å². The molecule has 4 aliphatic rings. The Hall–Kier alpha value is -0.0800. The first kappa shape index (κ1) is 8.25. The average Bonchev–Trinajstić information content (AvgIpc) is 2.01. The number of likely N-dealkylation sites (N-methyl/N-ethyl adjacent to an activating group) is 1. The van der Waals surface area contributed by atoms with Crippen molar-refractivity contribution in [2.75, 3.05) is 19.6 Å². The van der Waals surface area contributed by atoms with Gasteiger partial charge in [0.2, 0.25) is 0 Å². The molecule has 2 unspecified atom stereocenters. The highest BCUT2D eigenvalue weighted by atomic mass is 15.4. The third-order valence-electron chi connectivity index (χ3n) is 4.33. The Morgan fingerprint density at radius 3 is 2.23 bits per heavy atom.